The van der Waals surface area contributed by atoms with Crippen LogP contribution in [0, 0.1) is 0 Å². The summed E-state index contributed by atoms with van der Waals surface area (Å²) in [7, 11) is -7.88. The van der Waals surface area contributed by atoms with Crippen molar-refractivity contribution in [3.05, 3.63) is 0 Å². The van der Waals surface area contributed by atoms with Crippen LogP contribution < -0.4 is 16.8 Å². The van der Waals surface area contributed by atoms with E-state index in [0.29, 0.717) is 19.3 Å². The fraction of sp³-hybridized carbons (Fsp3) is 1.00. The molecule has 0 aliphatic rings. The number of unbranched alkanes of at least 4 members (excludes halogenated alkanes) is 8. The predicted octanol–water partition coefficient (Wildman–Crippen LogP) is 2.13. The summed E-state index contributed by atoms with van der Waals surface area (Å²) in [5, 5.41) is 3.48. The van der Waals surface area contributed by atoms with E-state index in [1.165, 1.54) is 64.5 Å². The third kappa shape index (κ3) is 33.7. The van der Waals surface area contributed by atoms with Crippen LogP contribution in [0.15, 0.2) is 0 Å². The summed E-state index contributed by atoms with van der Waals surface area (Å²) in [5.74, 6) is 0. The third-order valence-electron chi connectivity index (χ3n) is 4.01. The molecule has 28 heavy (non-hydrogen) atoms. The molecule has 0 aromatic rings. The van der Waals surface area contributed by atoms with Crippen molar-refractivity contribution in [2.24, 2.45) is 11.5 Å². The van der Waals surface area contributed by atoms with Crippen molar-refractivity contribution < 1.29 is 28.7 Å². The zero-order valence-electron chi connectivity index (χ0n) is 17.2. The Morgan fingerprint density at radius 2 is 0.857 bits per heavy atom. The van der Waals surface area contributed by atoms with Crippen LogP contribution in [-0.4, -0.2) is 58.1 Å². The molecule has 0 unspecified atom stereocenters. The molecule has 172 valence electrons. The Morgan fingerprint density at radius 1 is 0.536 bits per heavy atom. The van der Waals surface area contributed by atoms with Gasteiger partial charge in [-0.3, -0.25) is 9.13 Å². The maximum atomic E-state index is 10.3. The van der Waals surface area contributed by atoms with Crippen LogP contribution >= 0.6 is 15.2 Å². The van der Waals surface area contributed by atoms with Crippen molar-refractivity contribution in [3.63, 3.8) is 0 Å². The minimum absolute atomic E-state index is 0.214. The van der Waals surface area contributed by atoms with E-state index < -0.39 is 15.2 Å². The van der Waals surface area contributed by atoms with Crippen LogP contribution in [0.2, 0.25) is 0 Å². The largest absolute Gasteiger partial charge is 0.330 e. The maximum Gasteiger partial charge on any atom is 0.325 e. The Balaban J connectivity index is 0. The van der Waals surface area contributed by atoms with Gasteiger partial charge >= 0.3 is 15.2 Å². The molecule has 0 aromatic heterocycles. The maximum absolute atomic E-state index is 10.3. The van der Waals surface area contributed by atoms with Crippen LogP contribution in [-0.2, 0) is 9.13 Å². The molecule has 0 aliphatic heterocycles. The molecule has 0 amide bonds. The van der Waals surface area contributed by atoms with Gasteiger partial charge < -0.3 is 36.4 Å². The average Bonchev–Trinajstić information content (AvgIpc) is 2.58. The number of hydrogen-bond donors (Lipinski definition) is 7. The molecule has 9 N–H and O–H groups in total. The SMILES string of the molecule is NCCCCCCNCCCCCCN.O=P(O)(O)CCCCCP(=O)(O)O. The highest BCUT2D eigenvalue weighted by molar-refractivity contribution is 7.52. The second-order valence-corrected chi connectivity index (χ2v) is 10.5. The lowest BCUT2D eigenvalue weighted by Crippen LogP contribution is -2.16. The lowest BCUT2D eigenvalue weighted by atomic mass is 10.2. The first-order valence-electron chi connectivity index (χ1n) is 10.3. The quantitative estimate of drug-likeness (QED) is 0.122. The van der Waals surface area contributed by atoms with Gasteiger partial charge in [0.1, 0.15) is 0 Å². The topological polar surface area (TPSA) is 179 Å². The zero-order chi connectivity index (χ0) is 21.7. The van der Waals surface area contributed by atoms with E-state index in [4.69, 9.17) is 31.0 Å². The lowest BCUT2D eigenvalue weighted by Gasteiger charge is -2.04. The summed E-state index contributed by atoms with van der Waals surface area (Å²) in [5.41, 5.74) is 10.8. The Morgan fingerprint density at radius 3 is 1.18 bits per heavy atom. The van der Waals surface area contributed by atoms with Crippen LogP contribution in [0.1, 0.15) is 70.6 Å². The smallest absolute Gasteiger partial charge is 0.325 e. The van der Waals surface area contributed by atoms with Gasteiger partial charge in [0.2, 0.25) is 0 Å². The summed E-state index contributed by atoms with van der Waals surface area (Å²) in [6.07, 6.45) is 10.7. The van der Waals surface area contributed by atoms with Gasteiger partial charge in [-0.05, 0) is 64.7 Å². The second kappa shape index (κ2) is 20.5. The van der Waals surface area contributed by atoms with Crippen molar-refractivity contribution in [1.82, 2.24) is 5.32 Å². The van der Waals surface area contributed by atoms with Gasteiger partial charge in [-0.25, -0.2) is 0 Å². The molecule has 0 spiro atoms. The number of hydrogen-bond acceptors (Lipinski definition) is 5. The highest BCUT2D eigenvalue weighted by Gasteiger charge is 2.14. The second-order valence-electron chi connectivity index (χ2n) is 6.99. The van der Waals surface area contributed by atoms with Gasteiger partial charge in [0.25, 0.3) is 0 Å². The molecule has 0 rings (SSSR count). The van der Waals surface area contributed by atoms with Gasteiger partial charge in [-0.1, -0.05) is 32.1 Å². The number of nitrogens with two attached hydrogens (primary N) is 2. The standard InChI is InChI=1S/C12H29N3.C5H14O6P2/c13-9-5-1-3-7-11-15-12-8-4-2-6-10-14;6-12(7,8)4-2-1-3-5-13(9,10)11/h15H,1-14H2;1-5H2,(H2,6,7,8)(H2,9,10,11). The van der Waals surface area contributed by atoms with Crippen molar-refractivity contribution >= 4 is 15.2 Å². The van der Waals surface area contributed by atoms with Gasteiger partial charge in [-0.2, -0.15) is 0 Å². The summed E-state index contributed by atoms with van der Waals surface area (Å²) in [6, 6.07) is 0. The fourth-order valence-corrected chi connectivity index (χ4v) is 3.70. The lowest BCUT2D eigenvalue weighted by molar-refractivity contribution is 0.369. The summed E-state index contributed by atoms with van der Waals surface area (Å²) >= 11 is 0. The highest BCUT2D eigenvalue weighted by atomic mass is 31.2. The Hall–Kier alpha value is 0.180. The zero-order valence-corrected chi connectivity index (χ0v) is 19.0. The Bertz CT molecular complexity index is 382. The molecule has 0 aromatic carbocycles. The summed E-state index contributed by atoms with van der Waals surface area (Å²) in [6.45, 7) is 4.02. The van der Waals surface area contributed by atoms with Crippen LogP contribution in [0.4, 0.5) is 0 Å². The molecule has 0 atom stereocenters. The first-order chi connectivity index (χ1) is 13.1. The normalized spacial score (nSPS) is 11.9. The number of nitrogens with one attached hydrogen (secondary N) is 1. The molecular weight excluding hydrogens is 404 g/mol. The van der Waals surface area contributed by atoms with E-state index in [0.717, 1.165) is 13.1 Å². The van der Waals surface area contributed by atoms with Gasteiger partial charge in [0.05, 0.1) is 0 Å². The van der Waals surface area contributed by atoms with Crippen LogP contribution in [0.25, 0.3) is 0 Å². The molecule has 0 radical (unpaired) electrons. The molecule has 0 bridgehead atoms. The van der Waals surface area contributed by atoms with Gasteiger partial charge in [0, 0.05) is 12.3 Å². The van der Waals surface area contributed by atoms with E-state index >= 15 is 0 Å². The molecule has 0 fully saturated rings. The Labute approximate surface area is 170 Å². The highest BCUT2D eigenvalue weighted by Crippen LogP contribution is 2.37. The van der Waals surface area contributed by atoms with E-state index in [2.05, 4.69) is 5.32 Å². The molecular formula is C17H43N3O6P2. The summed E-state index contributed by atoms with van der Waals surface area (Å²) in [4.78, 5) is 33.7. The molecule has 9 nitrogen and oxygen atoms in total. The van der Waals surface area contributed by atoms with Crippen molar-refractivity contribution in [3.8, 4) is 0 Å². The average molecular weight is 447 g/mol. The first-order valence-corrected chi connectivity index (χ1v) is 13.9. The molecule has 11 heteroatoms. The third-order valence-corrected chi connectivity index (χ3v) is 5.81. The number of rotatable bonds is 18. The van der Waals surface area contributed by atoms with Crippen molar-refractivity contribution in [1.29, 1.82) is 0 Å². The van der Waals surface area contributed by atoms with Gasteiger partial charge in [0.15, 0.2) is 0 Å². The fourth-order valence-electron chi connectivity index (χ4n) is 2.43. The Kier molecular flexibility index (Phi) is 22.2. The molecule has 0 aliphatic carbocycles. The van der Waals surface area contributed by atoms with Gasteiger partial charge in [-0.15, -0.1) is 0 Å². The van der Waals surface area contributed by atoms with Crippen LogP contribution in [0.3, 0.4) is 0 Å². The predicted molar refractivity (Wildman–Crippen MR) is 116 cm³/mol. The first kappa shape index (κ1) is 30.4. The van der Waals surface area contributed by atoms with E-state index in [9.17, 15) is 9.13 Å². The minimum atomic E-state index is -3.94. The van der Waals surface area contributed by atoms with Crippen molar-refractivity contribution in [2.75, 3.05) is 38.5 Å². The van der Waals surface area contributed by atoms with E-state index in [1.807, 2.05) is 0 Å². The van der Waals surface area contributed by atoms with Crippen LogP contribution in [0.5, 0.6) is 0 Å². The van der Waals surface area contributed by atoms with Crippen molar-refractivity contribution in [2.45, 2.75) is 70.6 Å². The van der Waals surface area contributed by atoms with E-state index in [1.54, 1.807) is 0 Å². The molecule has 0 heterocycles. The van der Waals surface area contributed by atoms with E-state index in [-0.39, 0.29) is 12.3 Å². The minimum Gasteiger partial charge on any atom is -0.330 e. The molecule has 0 saturated carbocycles. The molecule has 0 saturated heterocycles. The monoisotopic (exact) mass is 447 g/mol. The summed E-state index contributed by atoms with van der Waals surface area (Å²) < 4.78 is 20.7.